The van der Waals surface area contributed by atoms with Gasteiger partial charge in [-0.1, -0.05) is 67.6 Å². The summed E-state index contributed by atoms with van der Waals surface area (Å²) in [4.78, 5) is 6.32. The molecule has 0 spiro atoms. The monoisotopic (exact) mass is 528 g/mol. The topological polar surface area (TPSA) is 28.3 Å². The molecular weight excluding hydrogens is 488 g/mol. The summed E-state index contributed by atoms with van der Waals surface area (Å²) in [6, 6.07) is 31.0. The van der Waals surface area contributed by atoms with Gasteiger partial charge in [-0.2, -0.15) is 0 Å². The maximum absolute atomic E-state index is 6.40. The number of aromatic amines is 1. The van der Waals surface area contributed by atoms with E-state index in [9.17, 15) is 0 Å². The highest BCUT2D eigenvalue weighted by atomic mass is 16.5. The lowest BCUT2D eigenvalue weighted by molar-refractivity contribution is 0.295. The number of anilines is 2. The number of aryl methyl sites for hydroxylation is 1. The van der Waals surface area contributed by atoms with E-state index in [1.165, 1.54) is 44.2 Å². The predicted octanol–water partition coefficient (Wildman–Crippen LogP) is 10.2. The summed E-state index contributed by atoms with van der Waals surface area (Å²) in [5.74, 6) is 1.83. The van der Waals surface area contributed by atoms with Crippen LogP contribution >= 0.6 is 0 Å². The molecule has 0 saturated heterocycles. The number of H-pyrrole nitrogens is 1. The molecule has 3 nitrogen and oxygen atoms in total. The van der Waals surface area contributed by atoms with Crippen LogP contribution in [0.5, 0.6) is 5.75 Å². The van der Waals surface area contributed by atoms with Crippen molar-refractivity contribution in [2.45, 2.75) is 64.3 Å². The molecule has 1 aliphatic rings. The Morgan fingerprint density at radius 3 is 2.62 bits per heavy atom. The van der Waals surface area contributed by atoms with Crippen molar-refractivity contribution >= 4 is 33.2 Å². The molecule has 3 unspecified atom stereocenters. The third kappa shape index (κ3) is 4.79. The minimum Gasteiger partial charge on any atom is -0.491 e. The molecule has 0 amide bonds. The first-order valence-electron chi connectivity index (χ1n) is 14.8. The number of aromatic nitrogens is 1. The highest BCUT2D eigenvalue weighted by molar-refractivity contribution is 6.10. The van der Waals surface area contributed by atoms with Crippen LogP contribution in [0, 0.1) is 6.92 Å². The molecule has 1 aromatic heterocycles. The molecule has 40 heavy (non-hydrogen) atoms. The molecule has 2 heterocycles. The third-order valence-corrected chi connectivity index (χ3v) is 8.80. The van der Waals surface area contributed by atoms with E-state index in [4.69, 9.17) is 4.74 Å². The van der Waals surface area contributed by atoms with Crippen LogP contribution in [-0.2, 0) is 0 Å². The summed E-state index contributed by atoms with van der Waals surface area (Å²) < 4.78 is 6.40. The van der Waals surface area contributed by atoms with Crippen molar-refractivity contribution in [1.82, 2.24) is 4.98 Å². The Bertz CT molecular complexity index is 1630. The first kappa shape index (κ1) is 26.3. The summed E-state index contributed by atoms with van der Waals surface area (Å²) in [5, 5.41) is 2.70. The largest absolute Gasteiger partial charge is 0.491 e. The fourth-order valence-corrected chi connectivity index (χ4v) is 6.91. The zero-order valence-corrected chi connectivity index (χ0v) is 24.0. The van der Waals surface area contributed by atoms with Gasteiger partial charge in [0.2, 0.25) is 0 Å². The molecule has 0 fully saturated rings. The Balaban J connectivity index is 1.44. The molecule has 0 saturated carbocycles. The number of para-hydroxylation sites is 4. The average molecular weight is 529 g/mol. The van der Waals surface area contributed by atoms with Gasteiger partial charge < -0.3 is 14.6 Å². The number of hydrogen-bond acceptors (Lipinski definition) is 2. The van der Waals surface area contributed by atoms with Gasteiger partial charge in [-0.3, -0.25) is 0 Å². The van der Waals surface area contributed by atoms with Crippen molar-refractivity contribution < 1.29 is 4.74 Å². The predicted molar refractivity (Wildman–Crippen MR) is 170 cm³/mol. The number of rotatable bonds is 5. The first-order chi connectivity index (χ1) is 19.6. The van der Waals surface area contributed by atoms with Gasteiger partial charge in [-0.25, -0.2) is 0 Å². The van der Waals surface area contributed by atoms with Crippen molar-refractivity contribution in [3.8, 4) is 5.75 Å². The number of nitrogens with one attached hydrogen (secondary N) is 1. The molecule has 3 heteroatoms. The van der Waals surface area contributed by atoms with E-state index in [2.05, 4.69) is 122 Å². The molecular formula is C37H40N2O. The minimum atomic E-state index is 0.281. The normalized spacial score (nSPS) is 18.7. The highest BCUT2D eigenvalue weighted by Gasteiger charge is 2.27. The second kappa shape index (κ2) is 11.3. The first-order valence-corrected chi connectivity index (χ1v) is 14.8. The molecule has 6 rings (SSSR count). The second-order valence-electron chi connectivity index (χ2n) is 11.5. The highest BCUT2D eigenvalue weighted by Crippen LogP contribution is 2.42. The maximum Gasteiger partial charge on any atom is 0.142 e. The lowest BCUT2D eigenvalue weighted by Crippen LogP contribution is -2.31. The van der Waals surface area contributed by atoms with Gasteiger partial charge in [0.05, 0.1) is 12.3 Å². The number of ether oxygens (including phenoxy) is 1. The zero-order chi connectivity index (χ0) is 27.6. The Labute approximate surface area is 238 Å². The molecule has 1 N–H and O–H groups in total. The van der Waals surface area contributed by atoms with Gasteiger partial charge in [0, 0.05) is 33.5 Å². The number of benzene rings is 4. The van der Waals surface area contributed by atoms with Crippen molar-refractivity contribution in [3.63, 3.8) is 0 Å². The van der Waals surface area contributed by atoms with Crippen LogP contribution in [-0.4, -0.2) is 17.6 Å². The Morgan fingerprint density at radius 2 is 1.80 bits per heavy atom. The second-order valence-corrected chi connectivity index (χ2v) is 11.5. The van der Waals surface area contributed by atoms with Crippen LogP contribution < -0.4 is 9.64 Å². The van der Waals surface area contributed by atoms with E-state index in [-0.39, 0.29) is 6.04 Å². The fourth-order valence-electron chi connectivity index (χ4n) is 6.91. The average Bonchev–Trinajstić information content (AvgIpc) is 3.36. The zero-order valence-electron chi connectivity index (χ0n) is 24.0. The van der Waals surface area contributed by atoms with Crippen LogP contribution in [0.4, 0.5) is 11.4 Å². The van der Waals surface area contributed by atoms with Crippen LogP contribution in [0.1, 0.15) is 68.1 Å². The molecule has 0 bridgehead atoms. The third-order valence-electron chi connectivity index (χ3n) is 8.80. The number of nitrogens with zero attached hydrogens (tertiary/aromatic N) is 1. The lowest BCUT2D eigenvalue weighted by Gasteiger charge is -2.36. The Hall–Kier alpha value is -3.98. The summed E-state index contributed by atoms with van der Waals surface area (Å²) in [6.07, 6.45) is 6.19. The van der Waals surface area contributed by atoms with E-state index >= 15 is 0 Å². The lowest BCUT2D eigenvalue weighted by atomic mass is 9.86. The van der Waals surface area contributed by atoms with E-state index < -0.39 is 0 Å². The van der Waals surface area contributed by atoms with E-state index in [1.807, 2.05) is 6.08 Å². The van der Waals surface area contributed by atoms with Crippen molar-refractivity contribution in [2.75, 3.05) is 11.5 Å². The molecule has 5 aromatic rings. The number of hydrogen-bond donors (Lipinski definition) is 1. The van der Waals surface area contributed by atoms with Crippen LogP contribution in [0.25, 0.3) is 21.8 Å². The Kier molecular flexibility index (Phi) is 7.38. The standard InChI is InChI=1S/C37H40N2O/c1-5-13-25(2)30-21-22-33-36(27(30)4)32-18-11-17-31(37(32)38-33)28-14-12-23-40-35-20-10-9-19-34(35)39(26(3)24-28)29-15-7-6-8-16-29/h5-11,15-22,25-26,28,38H,1,12-14,23-24H2,2-4H3. The summed E-state index contributed by atoms with van der Waals surface area (Å²) in [7, 11) is 0. The van der Waals surface area contributed by atoms with Crippen LogP contribution in [0.3, 0.4) is 0 Å². The van der Waals surface area contributed by atoms with Gasteiger partial charge in [0.1, 0.15) is 5.75 Å². The van der Waals surface area contributed by atoms with Gasteiger partial charge in [0.25, 0.3) is 0 Å². The smallest absolute Gasteiger partial charge is 0.142 e. The van der Waals surface area contributed by atoms with Crippen molar-refractivity contribution in [2.24, 2.45) is 0 Å². The molecule has 0 aliphatic carbocycles. The molecule has 4 aromatic carbocycles. The molecule has 204 valence electrons. The van der Waals surface area contributed by atoms with E-state index in [0.29, 0.717) is 11.8 Å². The molecule has 3 atom stereocenters. The summed E-state index contributed by atoms with van der Waals surface area (Å²) in [6.45, 7) is 11.6. The SMILES string of the molecule is C=CCC(C)c1ccc2[nH]c3c(C4CCCOc5ccccc5N(c5ccccc5)C(C)C4)cccc3c2c1C. The van der Waals surface area contributed by atoms with Crippen LogP contribution in [0.15, 0.2) is 97.6 Å². The maximum atomic E-state index is 6.40. The quantitative estimate of drug-likeness (QED) is 0.230. The van der Waals surface area contributed by atoms with Crippen LogP contribution in [0.2, 0.25) is 0 Å². The van der Waals surface area contributed by atoms with E-state index in [1.54, 1.807) is 0 Å². The van der Waals surface area contributed by atoms with Gasteiger partial charge >= 0.3 is 0 Å². The fraction of sp³-hybridized carbons (Fsp3) is 0.297. The van der Waals surface area contributed by atoms with Gasteiger partial charge in [-0.05, 0) is 98.4 Å². The van der Waals surface area contributed by atoms with Gasteiger partial charge in [0.15, 0.2) is 0 Å². The number of fused-ring (bicyclic) bond motifs is 4. The van der Waals surface area contributed by atoms with E-state index in [0.717, 1.165) is 43.7 Å². The summed E-state index contributed by atoms with van der Waals surface area (Å²) >= 11 is 0. The van der Waals surface area contributed by atoms with Crippen molar-refractivity contribution in [1.29, 1.82) is 0 Å². The minimum absolute atomic E-state index is 0.281. The molecule has 1 aliphatic heterocycles. The molecule has 0 radical (unpaired) electrons. The summed E-state index contributed by atoms with van der Waals surface area (Å²) in [5.41, 5.74) is 9.08. The Morgan fingerprint density at radius 1 is 1.00 bits per heavy atom. The van der Waals surface area contributed by atoms with Crippen molar-refractivity contribution in [3.05, 3.63) is 114 Å². The van der Waals surface area contributed by atoms with Gasteiger partial charge in [-0.15, -0.1) is 6.58 Å². The number of allylic oxidation sites excluding steroid dienone is 1.